The Labute approximate surface area is 100 Å². The molecule has 0 saturated heterocycles. The van der Waals surface area contributed by atoms with E-state index in [1.54, 1.807) is 12.4 Å². The van der Waals surface area contributed by atoms with Gasteiger partial charge in [-0.3, -0.25) is 0 Å². The predicted octanol–water partition coefficient (Wildman–Crippen LogP) is 2.92. The largest absolute Gasteiger partial charge is 0.461 e. The first-order chi connectivity index (χ1) is 7.50. The van der Waals surface area contributed by atoms with Crippen LogP contribution in [-0.2, 0) is 4.74 Å². The van der Waals surface area contributed by atoms with E-state index in [2.05, 4.69) is 31.1 Å². The summed E-state index contributed by atoms with van der Waals surface area (Å²) in [5.41, 5.74) is 1.99. The number of thiazole rings is 1. The van der Waals surface area contributed by atoms with Crippen LogP contribution in [0.4, 0.5) is 5.00 Å². The topological polar surface area (TPSA) is 51.2 Å². The minimum absolute atomic E-state index is 0.0478. The highest BCUT2D eigenvalue weighted by Crippen LogP contribution is 2.26. The van der Waals surface area contributed by atoms with E-state index in [0.29, 0.717) is 12.3 Å². The van der Waals surface area contributed by atoms with Gasteiger partial charge in [0.25, 0.3) is 0 Å². The highest BCUT2D eigenvalue weighted by molar-refractivity contribution is 7.14. The Morgan fingerprint density at radius 2 is 2.25 bits per heavy atom. The monoisotopic (exact) mass is 242 g/mol. The molecule has 1 N–H and O–H groups in total. The minimum Gasteiger partial charge on any atom is -0.461 e. The normalized spacial score (nSPS) is 11.2. The lowest BCUT2D eigenvalue weighted by atomic mass is 10.0. The van der Waals surface area contributed by atoms with E-state index in [0.717, 1.165) is 11.4 Å². The van der Waals surface area contributed by atoms with Gasteiger partial charge in [-0.25, -0.2) is 9.78 Å². The molecule has 16 heavy (non-hydrogen) atoms. The summed E-state index contributed by atoms with van der Waals surface area (Å²) in [5, 5.41) is 4.09. The number of aromatic nitrogens is 1. The summed E-state index contributed by atoms with van der Waals surface area (Å²) in [6, 6.07) is 0. The van der Waals surface area contributed by atoms with Crippen molar-refractivity contribution in [1.29, 1.82) is 0 Å². The molecule has 1 heterocycles. The van der Waals surface area contributed by atoms with E-state index < -0.39 is 0 Å². The Morgan fingerprint density at radius 1 is 1.56 bits per heavy atom. The van der Waals surface area contributed by atoms with Gasteiger partial charge in [0.05, 0.1) is 12.1 Å². The zero-order chi connectivity index (χ0) is 12.2. The summed E-state index contributed by atoms with van der Waals surface area (Å²) in [4.78, 5) is 15.6. The summed E-state index contributed by atoms with van der Waals surface area (Å²) in [7, 11) is 0. The maximum atomic E-state index is 11.6. The molecule has 90 valence electrons. The van der Waals surface area contributed by atoms with Crippen molar-refractivity contribution >= 4 is 22.3 Å². The molecule has 1 rings (SSSR count). The first-order valence-corrected chi connectivity index (χ1v) is 6.27. The molecular weight excluding hydrogens is 224 g/mol. The number of hydrogen-bond donors (Lipinski definition) is 1. The summed E-state index contributed by atoms with van der Waals surface area (Å²) in [6.45, 7) is 8.42. The number of ether oxygens (including phenoxy) is 1. The maximum Gasteiger partial charge on any atom is 0.360 e. The number of nitrogens with zero attached hydrogens (tertiary/aromatic N) is 1. The SMILES string of the molecule is CCOC(=O)c1ncsc1NC(C)(C)CC. The van der Waals surface area contributed by atoms with Gasteiger partial charge < -0.3 is 10.1 Å². The second-order valence-corrected chi connectivity index (χ2v) is 4.97. The fraction of sp³-hybridized carbons (Fsp3) is 0.636. The van der Waals surface area contributed by atoms with Crippen LogP contribution in [0.15, 0.2) is 5.51 Å². The third-order valence-electron chi connectivity index (χ3n) is 2.37. The Kier molecular flexibility index (Phi) is 4.29. The van der Waals surface area contributed by atoms with Crippen molar-refractivity contribution in [1.82, 2.24) is 4.98 Å². The summed E-state index contributed by atoms with van der Waals surface area (Å²) in [6.07, 6.45) is 0.965. The average Bonchev–Trinajstić information content (AvgIpc) is 2.65. The number of carbonyl (C=O) groups is 1. The van der Waals surface area contributed by atoms with E-state index in [1.807, 2.05) is 0 Å². The molecular formula is C11H18N2O2S. The van der Waals surface area contributed by atoms with Crippen LogP contribution in [0.3, 0.4) is 0 Å². The van der Waals surface area contributed by atoms with Gasteiger partial charge in [-0.2, -0.15) is 0 Å². The van der Waals surface area contributed by atoms with Crippen LogP contribution in [0.2, 0.25) is 0 Å². The van der Waals surface area contributed by atoms with E-state index in [-0.39, 0.29) is 11.5 Å². The van der Waals surface area contributed by atoms with Crippen LogP contribution < -0.4 is 5.32 Å². The summed E-state index contributed by atoms with van der Waals surface area (Å²) in [5.74, 6) is -0.363. The molecule has 5 heteroatoms. The highest BCUT2D eigenvalue weighted by atomic mass is 32.1. The first kappa shape index (κ1) is 13.0. The predicted molar refractivity (Wildman–Crippen MR) is 66.1 cm³/mol. The van der Waals surface area contributed by atoms with Crippen molar-refractivity contribution in [3.63, 3.8) is 0 Å². The molecule has 0 spiro atoms. The zero-order valence-electron chi connectivity index (χ0n) is 10.2. The number of rotatable bonds is 5. The van der Waals surface area contributed by atoms with Gasteiger partial charge in [0, 0.05) is 5.54 Å². The highest BCUT2D eigenvalue weighted by Gasteiger charge is 2.21. The zero-order valence-corrected chi connectivity index (χ0v) is 11.0. The lowest BCUT2D eigenvalue weighted by Crippen LogP contribution is -2.30. The second kappa shape index (κ2) is 5.30. The molecule has 0 aliphatic carbocycles. The van der Waals surface area contributed by atoms with Gasteiger partial charge >= 0.3 is 5.97 Å². The molecule has 0 amide bonds. The van der Waals surface area contributed by atoms with Gasteiger partial charge in [-0.1, -0.05) is 6.92 Å². The van der Waals surface area contributed by atoms with Gasteiger partial charge in [0.1, 0.15) is 5.00 Å². The molecule has 0 unspecified atom stereocenters. The van der Waals surface area contributed by atoms with Gasteiger partial charge in [0.15, 0.2) is 5.69 Å². The number of anilines is 1. The van der Waals surface area contributed by atoms with E-state index in [4.69, 9.17) is 4.74 Å². The van der Waals surface area contributed by atoms with Crippen LogP contribution in [0, 0.1) is 0 Å². The van der Waals surface area contributed by atoms with E-state index in [9.17, 15) is 4.79 Å². The van der Waals surface area contributed by atoms with Crippen molar-refractivity contribution in [3.8, 4) is 0 Å². The van der Waals surface area contributed by atoms with E-state index in [1.165, 1.54) is 11.3 Å². The standard InChI is InChI=1S/C11H18N2O2S/c1-5-11(3,4)13-9-8(12-7-16-9)10(14)15-6-2/h7,13H,5-6H2,1-4H3. The first-order valence-electron chi connectivity index (χ1n) is 5.39. The van der Waals surface area contributed by atoms with Crippen molar-refractivity contribution in [2.24, 2.45) is 0 Å². The van der Waals surface area contributed by atoms with Crippen LogP contribution in [0.5, 0.6) is 0 Å². The molecule has 4 nitrogen and oxygen atoms in total. The lowest BCUT2D eigenvalue weighted by molar-refractivity contribution is 0.0521. The Balaban J connectivity index is 2.82. The molecule has 0 saturated carbocycles. The number of hydrogen-bond acceptors (Lipinski definition) is 5. The molecule has 0 aliphatic heterocycles. The van der Waals surface area contributed by atoms with Crippen molar-refractivity contribution < 1.29 is 9.53 Å². The molecule has 0 aromatic carbocycles. The molecule has 1 aromatic rings. The van der Waals surface area contributed by atoms with Crippen LogP contribution >= 0.6 is 11.3 Å². The average molecular weight is 242 g/mol. The molecule has 0 atom stereocenters. The second-order valence-electron chi connectivity index (χ2n) is 4.11. The van der Waals surface area contributed by atoms with Crippen molar-refractivity contribution in [2.75, 3.05) is 11.9 Å². The van der Waals surface area contributed by atoms with Crippen molar-refractivity contribution in [2.45, 2.75) is 39.7 Å². The Morgan fingerprint density at radius 3 is 2.81 bits per heavy atom. The lowest BCUT2D eigenvalue weighted by Gasteiger charge is -2.24. The maximum absolute atomic E-state index is 11.6. The van der Waals surface area contributed by atoms with Gasteiger partial charge in [0.2, 0.25) is 0 Å². The number of esters is 1. The van der Waals surface area contributed by atoms with Crippen LogP contribution in [0.1, 0.15) is 44.6 Å². The fourth-order valence-corrected chi connectivity index (χ4v) is 1.92. The number of nitrogens with one attached hydrogen (secondary N) is 1. The quantitative estimate of drug-likeness (QED) is 0.807. The Hall–Kier alpha value is -1.10. The van der Waals surface area contributed by atoms with E-state index >= 15 is 0 Å². The third-order valence-corrected chi connectivity index (χ3v) is 3.11. The molecule has 0 bridgehead atoms. The van der Waals surface area contributed by atoms with Crippen molar-refractivity contribution in [3.05, 3.63) is 11.2 Å². The third kappa shape index (κ3) is 3.20. The molecule has 1 aromatic heterocycles. The summed E-state index contributed by atoms with van der Waals surface area (Å²) >= 11 is 1.42. The fourth-order valence-electron chi connectivity index (χ4n) is 1.08. The molecule has 0 radical (unpaired) electrons. The van der Waals surface area contributed by atoms with Crippen LogP contribution in [0.25, 0.3) is 0 Å². The summed E-state index contributed by atoms with van der Waals surface area (Å²) < 4.78 is 4.94. The van der Waals surface area contributed by atoms with Crippen LogP contribution in [-0.4, -0.2) is 23.1 Å². The van der Waals surface area contributed by atoms with Gasteiger partial charge in [-0.05, 0) is 27.2 Å². The smallest absolute Gasteiger partial charge is 0.360 e. The van der Waals surface area contributed by atoms with Gasteiger partial charge in [-0.15, -0.1) is 11.3 Å². The molecule has 0 aliphatic rings. The number of carbonyl (C=O) groups excluding carboxylic acids is 1. The minimum atomic E-state index is -0.363. The Bertz CT molecular complexity index is 361. The molecule has 0 fully saturated rings.